The molecular weight excluding hydrogens is 521 g/mol. The summed E-state index contributed by atoms with van der Waals surface area (Å²) in [5.74, 6) is -0.326. The minimum atomic E-state index is -4.63. The molecule has 0 aliphatic carbocycles. The highest BCUT2D eigenvalue weighted by Gasteiger charge is 2.34. The lowest BCUT2D eigenvalue weighted by molar-refractivity contribution is -0.145. The molecule has 1 heterocycles. The number of carboxylic acids is 1. The number of halogens is 3. The quantitative estimate of drug-likeness (QED) is 0.234. The largest absolute Gasteiger partial charge is 0.478 e. The average Bonchev–Trinajstić information content (AvgIpc) is 2.93. The zero-order valence-corrected chi connectivity index (χ0v) is 22.1. The van der Waals surface area contributed by atoms with E-state index < -0.39 is 29.4 Å². The number of benzene rings is 3. The number of unbranched alkanes of at least 4 members (excludes halogenated alkanes) is 1. The fraction of sp³-hybridized carbons (Fsp3) is 0.258. The molecule has 1 atom stereocenters. The van der Waals surface area contributed by atoms with Crippen molar-refractivity contribution in [2.75, 3.05) is 0 Å². The van der Waals surface area contributed by atoms with Crippen LogP contribution in [-0.4, -0.2) is 20.6 Å². The van der Waals surface area contributed by atoms with E-state index >= 15 is 0 Å². The molecule has 40 heavy (non-hydrogen) atoms. The fourth-order valence-corrected chi connectivity index (χ4v) is 4.54. The zero-order chi connectivity index (χ0) is 28.9. The number of aryl methyl sites for hydroxylation is 2. The molecule has 0 radical (unpaired) electrons. The fourth-order valence-electron chi connectivity index (χ4n) is 4.54. The summed E-state index contributed by atoms with van der Waals surface area (Å²) in [5, 5.41) is 9.64. The third kappa shape index (κ3) is 6.42. The first kappa shape index (κ1) is 28.6. The lowest BCUT2D eigenvalue weighted by Crippen LogP contribution is -2.29. The SMILES string of the molecule is CCCCc1nc(C)c(-c2ccccc2C(F)(F)F)c(=O)n1Cc1ccc(OC(C(=O)O)c2ccccc2)cc1. The molecule has 0 bridgehead atoms. The van der Waals surface area contributed by atoms with E-state index in [1.54, 1.807) is 61.5 Å². The highest BCUT2D eigenvalue weighted by molar-refractivity contribution is 5.75. The van der Waals surface area contributed by atoms with Crippen LogP contribution in [-0.2, 0) is 23.9 Å². The van der Waals surface area contributed by atoms with Gasteiger partial charge in [-0.05, 0) is 37.1 Å². The van der Waals surface area contributed by atoms with Crippen LogP contribution in [0.15, 0.2) is 83.7 Å². The number of hydrogen-bond acceptors (Lipinski definition) is 4. The van der Waals surface area contributed by atoms with Crippen LogP contribution in [0.25, 0.3) is 11.1 Å². The van der Waals surface area contributed by atoms with Crippen LogP contribution in [0, 0.1) is 6.92 Å². The number of aromatic nitrogens is 2. The molecule has 0 saturated carbocycles. The first-order valence-electron chi connectivity index (χ1n) is 12.9. The molecule has 0 amide bonds. The Morgan fingerprint density at radius 2 is 1.65 bits per heavy atom. The summed E-state index contributed by atoms with van der Waals surface area (Å²) in [5.41, 5.74) is -0.314. The van der Waals surface area contributed by atoms with Crippen LogP contribution < -0.4 is 10.3 Å². The molecule has 6 nitrogen and oxygen atoms in total. The maximum atomic E-state index is 13.8. The van der Waals surface area contributed by atoms with Gasteiger partial charge >= 0.3 is 12.1 Å². The number of nitrogens with zero attached hydrogens (tertiary/aromatic N) is 2. The minimum Gasteiger partial charge on any atom is -0.478 e. The average molecular weight is 551 g/mol. The molecule has 4 rings (SSSR count). The Bertz CT molecular complexity index is 1530. The van der Waals surface area contributed by atoms with Gasteiger partial charge in [0.15, 0.2) is 0 Å². The van der Waals surface area contributed by atoms with Crippen LogP contribution in [0.2, 0.25) is 0 Å². The Kier molecular flexibility index (Phi) is 8.72. The van der Waals surface area contributed by atoms with Crippen LogP contribution >= 0.6 is 0 Å². The summed E-state index contributed by atoms with van der Waals surface area (Å²) in [6.07, 6.45) is -3.73. The maximum Gasteiger partial charge on any atom is 0.417 e. The van der Waals surface area contributed by atoms with E-state index in [4.69, 9.17) is 4.74 Å². The normalized spacial score (nSPS) is 12.2. The molecular formula is C31H29F3N2O4. The van der Waals surface area contributed by atoms with Crippen LogP contribution in [0.5, 0.6) is 5.75 Å². The summed E-state index contributed by atoms with van der Waals surface area (Å²) in [6, 6.07) is 20.2. The summed E-state index contributed by atoms with van der Waals surface area (Å²) in [7, 11) is 0. The second kappa shape index (κ2) is 12.2. The van der Waals surface area contributed by atoms with Gasteiger partial charge in [-0.1, -0.05) is 74.0 Å². The monoisotopic (exact) mass is 550 g/mol. The molecule has 4 aromatic rings. The van der Waals surface area contributed by atoms with Gasteiger partial charge in [-0.25, -0.2) is 9.78 Å². The van der Waals surface area contributed by atoms with Gasteiger partial charge in [-0.2, -0.15) is 13.2 Å². The Hall–Kier alpha value is -4.40. The van der Waals surface area contributed by atoms with Crippen LogP contribution in [0.1, 0.15) is 54.1 Å². The second-order valence-corrected chi connectivity index (χ2v) is 9.42. The lowest BCUT2D eigenvalue weighted by atomic mass is 9.98. The summed E-state index contributed by atoms with van der Waals surface area (Å²) in [4.78, 5) is 30.1. The number of carboxylic acid groups (broad SMARTS) is 1. The molecule has 208 valence electrons. The summed E-state index contributed by atoms with van der Waals surface area (Å²) >= 11 is 0. The van der Waals surface area contributed by atoms with Crippen LogP contribution in [0.3, 0.4) is 0 Å². The van der Waals surface area contributed by atoms with Gasteiger partial charge in [0, 0.05) is 17.5 Å². The molecule has 1 unspecified atom stereocenters. The highest BCUT2D eigenvalue weighted by Crippen LogP contribution is 2.36. The molecule has 1 N–H and O–H groups in total. The Morgan fingerprint density at radius 1 is 1.00 bits per heavy atom. The molecule has 9 heteroatoms. The standard InChI is InChI=1S/C31H29F3N2O4/c1-3-4-14-26-35-20(2)27(24-12-8-9-13-25(24)31(32,33)34)29(37)36(26)19-21-15-17-23(18-16-21)40-28(30(38)39)22-10-6-5-7-11-22/h5-13,15-18,28H,3-4,14,19H2,1-2H3,(H,38,39). The van der Waals surface area contributed by atoms with Crippen molar-refractivity contribution in [3.8, 4) is 16.9 Å². The van der Waals surface area contributed by atoms with Crippen molar-refractivity contribution in [3.63, 3.8) is 0 Å². The van der Waals surface area contributed by atoms with Crippen molar-refractivity contribution in [2.24, 2.45) is 0 Å². The van der Waals surface area contributed by atoms with Crippen molar-refractivity contribution in [3.05, 3.63) is 117 Å². The molecule has 0 aliphatic rings. The smallest absolute Gasteiger partial charge is 0.417 e. The third-order valence-electron chi connectivity index (χ3n) is 6.53. The van der Waals surface area contributed by atoms with Crippen molar-refractivity contribution in [2.45, 2.75) is 51.9 Å². The van der Waals surface area contributed by atoms with Gasteiger partial charge in [-0.15, -0.1) is 0 Å². The third-order valence-corrected chi connectivity index (χ3v) is 6.53. The molecule has 0 aliphatic heterocycles. The molecule has 3 aromatic carbocycles. The topological polar surface area (TPSA) is 81.4 Å². The summed E-state index contributed by atoms with van der Waals surface area (Å²) in [6.45, 7) is 3.64. The van der Waals surface area contributed by atoms with Gasteiger partial charge in [-0.3, -0.25) is 9.36 Å². The Balaban J connectivity index is 1.70. The van der Waals surface area contributed by atoms with Crippen LogP contribution in [0.4, 0.5) is 13.2 Å². The van der Waals surface area contributed by atoms with E-state index in [0.717, 1.165) is 18.9 Å². The van der Waals surface area contributed by atoms with E-state index in [0.29, 0.717) is 29.1 Å². The van der Waals surface area contributed by atoms with Gasteiger partial charge in [0.05, 0.1) is 23.4 Å². The number of alkyl halides is 3. The first-order valence-corrected chi connectivity index (χ1v) is 12.9. The second-order valence-electron chi connectivity index (χ2n) is 9.42. The number of rotatable bonds is 10. The van der Waals surface area contributed by atoms with Gasteiger partial charge in [0.2, 0.25) is 6.10 Å². The Morgan fingerprint density at radius 3 is 2.27 bits per heavy atom. The molecule has 0 spiro atoms. The van der Waals surface area contributed by atoms with Gasteiger partial charge in [0.1, 0.15) is 11.6 Å². The highest BCUT2D eigenvalue weighted by atomic mass is 19.4. The van der Waals surface area contributed by atoms with E-state index in [1.807, 2.05) is 6.92 Å². The number of aliphatic carboxylic acids is 1. The lowest BCUT2D eigenvalue weighted by Gasteiger charge is -2.19. The van der Waals surface area contributed by atoms with Crippen molar-refractivity contribution in [1.29, 1.82) is 0 Å². The number of ether oxygens (including phenoxy) is 1. The molecule has 1 aromatic heterocycles. The number of carbonyl (C=O) groups is 1. The minimum absolute atomic E-state index is 0.0771. The van der Waals surface area contributed by atoms with E-state index in [1.165, 1.54) is 22.8 Å². The van der Waals surface area contributed by atoms with E-state index in [2.05, 4.69) is 4.98 Å². The van der Waals surface area contributed by atoms with Gasteiger partial charge in [0.25, 0.3) is 5.56 Å². The number of hydrogen-bond donors (Lipinski definition) is 1. The first-order chi connectivity index (χ1) is 19.1. The zero-order valence-electron chi connectivity index (χ0n) is 22.1. The van der Waals surface area contributed by atoms with E-state index in [9.17, 15) is 27.9 Å². The van der Waals surface area contributed by atoms with Crippen molar-refractivity contribution < 1.29 is 27.8 Å². The maximum absolute atomic E-state index is 13.8. The van der Waals surface area contributed by atoms with Crippen molar-refractivity contribution in [1.82, 2.24) is 9.55 Å². The predicted octanol–water partition coefficient (Wildman–Crippen LogP) is 6.83. The Labute approximate surface area is 229 Å². The van der Waals surface area contributed by atoms with Crippen molar-refractivity contribution >= 4 is 5.97 Å². The van der Waals surface area contributed by atoms with Gasteiger partial charge < -0.3 is 9.84 Å². The molecule has 0 fully saturated rings. The molecule has 0 saturated heterocycles. The predicted molar refractivity (Wildman–Crippen MR) is 145 cm³/mol. The van der Waals surface area contributed by atoms with E-state index in [-0.39, 0.29) is 23.4 Å². The summed E-state index contributed by atoms with van der Waals surface area (Å²) < 4.78 is 48.5.